The Kier molecular flexibility index (Phi) is 9.63. The SMILES string of the molecule is CCCCCCCCCCCCN1C=CN(C)C1.F[P-](F)(F)(F)(F)F.[H+]. The molecule has 1 aliphatic rings. The summed E-state index contributed by atoms with van der Waals surface area (Å²) in [6.07, 6.45) is 18.6. The largest absolute Gasteiger partial charge is 1.00 e. The van der Waals surface area contributed by atoms with E-state index in [1.807, 2.05) is 0 Å². The fourth-order valence-corrected chi connectivity index (χ4v) is 2.54. The van der Waals surface area contributed by atoms with Crippen LogP contribution in [-0.4, -0.2) is 30.1 Å². The van der Waals surface area contributed by atoms with E-state index in [1.54, 1.807) is 0 Å². The van der Waals surface area contributed by atoms with Crippen LogP contribution in [0.25, 0.3) is 0 Å². The summed E-state index contributed by atoms with van der Waals surface area (Å²) in [5, 5.41) is 0. The molecule has 0 amide bonds. The van der Waals surface area contributed by atoms with Crippen LogP contribution in [0.2, 0.25) is 0 Å². The Hall–Kier alpha value is -0.650. The van der Waals surface area contributed by atoms with E-state index in [2.05, 4.69) is 36.2 Å². The van der Waals surface area contributed by atoms with Crippen molar-refractivity contribution in [3.63, 3.8) is 0 Å². The molecule has 0 fully saturated rings. The number of halogens is 6. The molecule has 25 heavy (non-hydrogen) atoms. The third kappa shape index (κ3) is 25.7. The summed E-state index contributed by atoms with van der Waals surface area (Å²) in [7, 11) is -8.52. The molecule has 1 aliphatic heterocycles. The summed E-state index contributed by atoms with van der Waals surface area (Å²) < 4.78 is 59.2. The minimum atomic E-state index is -10.7. The molecule has 154 valence electrons. The number of nitrogens with zero attached hydrogens (tertiary/aromatic N) is 2. The number of rotatable bonds is 11. The maximum atomic E-state index is 9.87. The summed E-state index contributed by atoms with van der Waals surface area (Å²) in [6.45, 7) is 4.60. The zero-order valence-electron chi connectivity index (χ0n) is 16.2. The van der Waals surface area contributed by atoms with Gasteiger partial charge in [-0.05, 0) is 6.42 Å². The van der Waals surface area contributed by atoms with Crippen LogP contribution in [0.5, 0.6) is 0 Å². The molecule has 0 spiro atoms. The predicted octanol–water partition coefficient (Wildman–Crippen LogP) is 8.08. The predicted molar refractivity (Wildman–Crippen MR) is 95.0 cm³/mol. The molecule has 9 heteroatoms. The number of hydrogen-bond donors (Lipinski definition) is 0. The third-order valence-electron chi connectivity index (χ3n) is 3.74. The average Bonchev–Trinajstić information content (AvgIpc) is 2.83. The molecular formula is C16H33F6N2P. The van der Waals surface area contributed by atoms with Crippen molar-refractivity contribution in [3.05, 3.63) is 12.4 Å². The van der Waals surface area contributed by atoms with Gasteiger partial charge in [-0.2, -0.15) is 0 Å². The minimum absolute atomic E-state index is 0. The maximum Gasteiger partial charge on any atom is 1.00 e. The van der Waals surface area contributed by atoms with Crippen molar-refractivity contribution in [2.24, 2.45) is 0 Å². The normalized spacial score (nSPS) is 17.1. The first kappa shape index (κ1) is 24.4. The van der Waals surface area contributed by atoms with Crippen LogP contribution in [-0.2, 0) is 0 Å². The topological polar surface area (TPSA) is 6.48 Å². The van der Waals surface area contributed by atoms with Crippen LogP contribution < -0.4 is 0 Å². The zero-order chi connectivity index (χ0) is 19.5. The number of unbranched alkanes of at least 4 members (excludes halogenated alkanes) is 9. The Morgan fingerprint density at radius 2 is 1.16 bits per heavy atom. The zero-order valence-corrected chi connectivity index (χ0v) is 16.1. The van der Waals surface area contributed by atoms with Crippen molar-refractivity contribution >= 4 is 7.81 Å². The van der Waals surface area contributed by atoms with Crippen molar-refractivity contribution in [2.45, 2.75) is 71.1 Å². The van der Waals surface area contributed by atoms with Crippen molar-refractivity contribution in [1.82, 2.24) is 9.80 Å². The fourth-order valence-electron chi connectivity index (χ4n) is 2.54. The van der Waals surface area contributed by atoms with E-state index in [4.69, 9.17) is 0 Å². The monoisotopic (exact) mass is 398 g/mol. The molecule has 0 aromatic rings. The van der Waals surface area contributed by atoms with Crippen LogP contribution in [0, 0.1) is 0 Å². The first-order chi connectivity index (χ1) is 11.3. The Bertz CT molecular complexity index is 377. The molecule has 1 rings (SSSR count). The van der Waals surface area contributed by atoms with Gasteiger partial charge < -0.3 is 9.80 Å². The smallest absolute Gasteiger partial charge is 1.00 e. The molecule has 0 radical (unpaired) electrons. The summed E-state index contributed by atoms with van der Waals surface area (Å²) in [5.74, 6) is 0. The minimum Gasteiger partial charge on any atom is 1.00 e. The summed E-state index contributed by atoms with van der Waals surface area (Å²) in [6, 6.07) is 0. The van der Waals surface area contributed by atoms with Gasteiger partial charge in [-0.3, -0.25) is 0 Å². The van der Waals surface area contributed by atoms with E-state index >= 15 is 0 Å². The van der Waals surface area contributed by atoms with Gasteiger partial charge in [0.2, 0.25) is 0 Å². The van der Waals surface area contributed by atoms with Gasteiger partial charge in [0.05, 0.1) is 6.67 Å². The standard InChI is InChI=1S/C16H32N2.F6P/c1-3-4-5-6-7-8-9-10-11-12-13-18-15-14-17(2)16-18;1-7(2,3,4,5)6/h14-15H,3-13,16H2,1-2H3;/q;-1/p+1. The van der Waals surface area contributed by atoms with Crippen molar-refractivity contribution in [2.75, 3.05) is 20.3 Å². The first-order valence-corrected chi connectivity index (χ1v) is 11.0. The van der Waals surface area contributed by atoms with Crippen LogP contribution in [0.1, 0.15) is 72.6 Å². The molecule has 0 atom stereocenters. The Balaban J connectivity index is 0. The van der Waals surface area contributed by atoms with E-state index in [9.17, 15) is 25.2 Å². The van der Waals surface area contributed by atoms with Crippen molar-refractivity contribution in [3.8, 4) is 0 Å². The Labute approximate surface area is 149 Å². The van der Waals surface area contributed by atoms with Gasteiger partial charge in [-0.25, -0.2) is 0 Å². The quantitative estimate of drug-likeness (QED) is 0.197. The van der Waals surface area contributed by atoms with Gasteiger partial charge in [0.25, 0.3) is 0 Å². The molecule has 0 aliphatic carbocycles. The van der Waals surface area contributed by atoms with Crippen LogP contribution >= 0.6 is 7.81 Å². The Morgan fingerprint density at radius 1 is 0.760 bits per heavy atom. The van der Waals surface area contributed by atoms with Crippen LogP contribution in [0.3, 0.4) is 0 Å². The molecule has 0 aromatic carbocycles. The van der Waals surface area contributed by atoms with E-state index in [0.717, 1.165) is 6.67 Å². The molecule has 0 saturated carbocycles. The van der Waals surface area contributed by atoms with Gasteiger partial charge in [0.1, 0.15) is 0 Å². The van der Waals surface area contributed by atoms with E-state index in [0.29, 0.717) is 0 Å². The van der Waals surface area contributed by atoms with E-state index in [-0.39, 0.29) is 1.43 Å². The van der Waals surface area contributed by atoms with Crippen LogP contribution in [0.4, 0.5) is 25.2 Å². The van der Waals surface area contributed by atoms with Gasteiger partial charge >= 0.3 is 34.4 Å². The molecule has 2 nitrogen and oxygen atoms in total. The van der Waals surface area contributed by atoms with Gasteiger partial charge in [-0.15, -0.1) is 0 Å². The molecule has 0 saturated heterocycles. The molecule has 0 bridgehead atoms. The van der Waals surface area contributed by atoms with Gasteiger partial charge in [0, 0.05) is 26.0 Å². The van der Waals surface area contributed by atoms with Gasteiger partial charge in [0.15, 0.2) is 0 Å². The fraction of sp³-hybridized carbons (Fsp3) is 0.875. The Morgan fingerprint density at radius 3 is 1.52 bits per heavy atom. The van der Waals surface area contributed by atoms with Crippen LogP contribution in [0.15, 0.2) is 12.4 Å². The van der Waals surface area contributed by atoms with Crippen molar-refractivity contribution in [1.29, 1.82) is 0 Å². The summed E-state index contributed by atoms with van der Waals surface area (Å²) in [5.41, 5.74) is 0. The molecule has 0 aromatic heterocycles. The van der Waals surface area contributed by atoms with Crippen molar-refractivity contribution < 1.29 is 26.6 Å². The third-order valence-corrected chi connectivity index (χ3v) is 3.74. The van der Waals surface area contributed by atoms with Gasteiger partial charge in [-0.1, -0.05) is 64.7 Å². The molecule has 0 unspecified atom stereocenters. The molecular weight excluding hydrogens is 365 g/mol. The second-order valence-corrected chi connectivity index (χ2v) is 8.57. The first-order valence-electron chi connectivity index (χ1n) is 8.97. The number of hydrogen-bond acceptors (Lipinski definition) is 2. The summed E-state index contributed by atoms with van der Waals surface area (Å²) in [4.78, 5) is 4.64. The van der Waals surface area contributed by atoms with E-state index in [1.165, 1.54) is 70.8 Å². The average molecular weight is 398 g/mol. The van der Waals surface area contributed by atoms with E-state index < -0.39 is 7.81 Å². The second-order valence-electron chi connectivity index (χ2n) is 6.65. The summed E-state index contributed by atoms with van der Waals surface area (Å²) >= 11 is 0. The maximum absolute atomic E-state index is 10.7. The molecule has 0 N–H and O–H groups in total. The second kappa shape index (κ2) is 9.89. The molecule has 1 heterocycles.